The molecule has 0 radical (unpaired) electrons. The smallest absolute Gasteiger partial charge is 0.373 e. The first-order chi connectivity index (χ1) is 6.22. The molecule has 0 aliphatic heterocycles. The van der Waals surface area contributed by atoms with Gasteiger partial charge in [0.2, 0.25) is 0 Å². The predicted octanol–water partition coefficient (Wildman–Crippen LogP) is 2.57. The highest BCUT2D eigenvalue weighted by Crippen LogP contribution is 2.00. The number of aliphatic hydroxyl groups excluding tert-OH is 1. The fourth-order valence-corrected chi connectivity index (χ4v) is 0.885. The minimum Gasteiger partial charge on any atom is -0.502 e. The summed E-state index contributed by atoms with van der Waals surface area (Å²) >= 11 is 0. The minimum atomic E-state index is -0.626. The second kappa shape index (κ2) is 7.65. The van der Waals surface area contributed by atoms with Gasteiger partial charge in [-0.25, -0.2) is 4.79 Å². The molecule has 0 aliphatic rings. The molecule has 0 fully saturated rings. The lowest BCUT2D eigenvalue weighted by Gasteiger charge is -2.02. The molecule has 0 saturated heterocycles. The number of ether oxygens (including phenoxy) is 1. The summed E-state index contributed by atoms with van der Waals surface area (Å²) in [7, 11) is 0. The molecule has 0 bridgehead atoms. The highest BCUT2D eigenvalue weighted by molar-refractivity contribution is 5.85. The van der Waals surface area contributed by atoms with Gasteiger partial charge in [0, 0.05) is 0 Å². The predicted molar refractivity (Wildman–Crippen MR) is 51.5 cm³/mol. The van der Waals surface area contributed by atoms with Gasteiger partial charge in [0.25, 0.3) is 0 Å². The first-order valence-electron chi connectivity index (χ1n) is 4.74. The molecule has 0 saturated carbocycles. The number of hydrogen-bond acceptors (Lipinski definition) is 3. The van der Waals surface area contributed by atoms with Gasteiger partial charge in [-0.1, -0.05) is 26.2 Å². The van der Waals surface area contributed by atoms with E-state index in [2.05, 4.69) is 6.92 Å². The van der Waals surface area contributed by atoms with Crippen LogP contribution in [0.3, 0.4) is 0 Å². The maximum absolute atomic E-state index is 10.9. The molecule has 3 nitrogen and oxygen atoms in total. The average molecular weight is 186 g/mol. The van der Waals surface area contributed by atoms with Gasteiger partial charge in [0.15, 0.2) is 5.76 Å². The first kappa shape index (κ1) is 12.0. The van der Waals surface area contributed by atoms with Gasteiger partial charge in [0.05, 0.1) is 6.61 Å². The topological polar surface area (TPSA) is 46.5 Å². The molecule has 1 N–H and O–H groups in total. The summed E-state index contributed by atoms with van der Waals surface area (Å²) in [4.78, 5) is 10.9. The Bertz CT molecular complexity index is 173. The van der Waals surface area contributed by atoms with E-state index in [4.69, 9.17) is 9.84 Å². The summed E-state index contributed by atoms with van der Waals surface area (Å²) in [5.41, 5.74) is 0. The number of aliphatic hydroxyl groups is 1. The minimum absolute atomic E-state index is 0.310. The fraction of sp³-hybridized carbons (Fsp3) is 0.700. The van der Waals surface area contributed by atoms with E-state index in [-0.39, 0.29) is 5.76 Å². The molecule has 0 heterocycles. The SMILES string of the molecule is CC=C(O)C(=O)OCCCCCC. The molecule has 0 amide bonds. The van der Waals surface area contributed by atoms with Crippen molar-refractivity contribution in [2.75, 3.05) is 6.61 Å². The van der Waals surface area contributed by atoms with Crippen LogP contribution < -0.4 is 0 Å². The molecule has 13 heavy (non-hydrogen) atoms. The third-order valence-corrected chi connectivity index (χ3v) is 1.71. The monoisotopic (exact) mass is 186 g/mol. The van der Waals surface area contributed by atoms with Crippen LogP contribution in [0, 0.1) is 0 Å². The zero-order chi connectivity index (χ0) is 10.1. The highest BCUT2D eigenvalue weighted by atomic mass is 16.5. The van der Waals surface area contributed by atoms with Gasteiger partial charge >= 0.3 is 5.97 Å². The summed E-state index contributed by atoms with van der Waals surface area (Å²) in [6.07, 6.45) is 5.59. The summed E-state index contributed by atoms with van der Waals surface area (Å²) in [6.45, 7) is 4.11. The van der Waals surface area contributed by atoms with Gasteiger partial charge in [-0.2, -0.15) is 0 Å². The van der Waals surface area contributed by atoms with Crippen molar-refractivity contribution < 1.29 is 14.6 Å². The molecule has 3 heteroatoms. The molecule has 0 spiro atoms. The number of allylic oxidation sites excluding steroid dienone is 1. The molecule has 0 rings (SSSR count). The van der Waals surface area contributed by atoms with Crippen LogP contribution in [0.5, 0.6) is 0 Å². The van der Waals surface area contributed by atoms with Crippen LogP contribution in [-0.2, 0) is 9.53 Å². The third-order valence-electron chi connectivity index (χ3n) is 1.71. The molecule has 0 unspecified atom stereocenters. The van der Waals surface area contributed by atoms with Crippen molar-refractivity contribution in [2.24, 2.45) is 0 Å². The van der Waals surface area contributed by atoms with E-state index in [1.807, 2.05) is 0 Å². The van der Waals surface area contributed by atoms with E-state index in [0.29, 0.717) is 6.61 Å². The highest BCUT2D eigenvalue weighted by Gasteiger charge is 2.06. The molecule has 0 aromatic rings. The number of carbonyl (C=O) groups is 1. The van der Waals surface area contributed by atoms with E-state index in [0.717, 1.165) is 25.7 Å². The number of esters is 1. The Morgan fingerprint density at radius 1 is 1.38 bits per heavy atom. The van der Waals surface area contributed by atoms with Crippen LogP contribution in [0.2, 0.25) is 0 Å². The maximum atomic E-state index is 10.9. The van der Waals surface area contributed by atoms with Crippen LogP contribution in [0.15, 0.2) is 11.8 Å². The Morgan fingerprint density at radius 3 is 2.62 bits per heavy atom. The van der Waals surface area contributed by atoms with Crippen LogP contribution in [-0.4, -0.2) is 17.7 Å². The molecule has 76 valence electrons. The quantitative estimate of drug-likeness (QED) is 0.300. The lowest BCUT2D eigenvalue weighted by atomic mass is 10.2. The van der Waals surface area contributed by atoms with Crippen LogP contribution in [0.4, 0.5) is 0 Å². The van der Waals surface area contributed by atoms with Gasteiger partial charge in [-0.15, -0.1) is 0 Å². The van der Waals surface area contributed by atoms with Crippen molar-refractivity contribution in [1.82, 2.24) is 0 Å². The van der Waals surface area contributed by atoms with Crippen LogP contribution >= 0.6 is 0 Å². The summed E-state index contributed by atoms with van der Waals surface area (Å²) in [5, 5.41) is 8.92. The molecule has 0 aromatic heterocycles. The van der Waals surface area contributed by atoms with Crippen molar-refractivity contribution in [1.29, 1.82) is 0 Å². The number of rotatable bonds is 6. The van der Waals surface area contributed by atoms with Crippen molar-refractivity contribution in [3.63, 3.8) is 0 Å². The third kappa shape index (κ3) is 6.20. The largest absolute Gasteiger partial charge is 0.502 e. The standard InChI is InChI=1S/C10H18O3/c1-3-5-6-7-8-13-10(12)9(11)4-2/h4,11H,3,5-8H2,1-2H3. The van der Waals surface area contributed by atoms with E-state index < -0.39 is 5.97 Å². The summed E-state index contributed by atoms with van der Waals surface area (Å²) in [6, 6.07) is 0. The van der Waals surface area contributed by atoms with Gasteiger partial charge in [-0.05, 0) is 19.4 Å². The van der Waals surface area contributed by atoms with E-state index in [1.165, 1.54) is 6.08 Å². The Balaban J connectivity index is 3.38. The number of hydrogen-bond donors (Lipinski definition) is 1. The molecular weight excluding hydrogens is 168 g/mol. The number of unbranched alkanes of at least 4 members (excludes halogenated alkanes) is 3. The number of carbonyl (C=O) groups excluding carboxylic acids is 1. The average Bonchev–Trinajstić information content (AvgIpc) is 2.16. The van der Waals surface area contributed by atoms with Gasteiger partial charge in [-0.3, -0.25) is 0 Å². The normalized spacial score (nSPS) is 11.4. The van der Waals surface area contributed by atoms with Crippen molar-refractivity contribution in [3.8, 4) is 0 Å². The van der Waals surface area contributed by atoms with Crippen LogP contribution in [0.1, 0.15) is 39.5 Å². The van der Waals surface area contributed by atoms with E-state index in [9.17, 15) is 4.79 Å². The zero-order valence-electron chi connectivity index (χ0n) is 8.38. The van der Waals surface area contributed by atoms with Crippen molar-refractivity contribution in [2.45, 2.75) is 39.5 Å². The molecule has 0 aliphatic carbocycles. The molecular formula is C10H18O3. The Hall–Kier alpha value is -0.990. The Kier molecular flexibility index (Phi) is 7.07. The van der Waals surface area contributed by atoms with E-state index >= 15 is 0 Å². The Labute approximate surface area is 79.4 Å². The van der Waals surface area contributed by atoms with Gasteiger partial charge in [0.1, 0.15) is 0 Å². The summed E-state index contributed by atoms with van der Waals surface area (Å²) < 4.78 is 4.78. The molecule has 0 atom stereocenters. The van der Waals surface area contributed by atoms with Crippen LogP contribution in [0.25, 0.3) is 0 Å². The van der Waals surface area contributed by atoms with Crippen molar-refractivity contribution in [3.05, 3.63) is 11.8 Å². The maximum Gasteiger partial charge on any atom is 0.373 e. The lowest BCUT2D eigenvalue weighted by molar-refractivity contribution is -0.142. The summed E-state index contributed by atoms with van der Waals surface area (Å²) in [5.74, 6) is -0.936. The second-order valence-corrected chi connectivity index (χ2v) is 2.87. The second-order valence-electron chi connectivity index (χ2n) is 2.87. The molecule has 0 aromatic carbocycles. The Morgan fingerprint density at radius 2 is 2.08 bits per heavy atom. The van der Waals surface area contributed by atoms with Crippen molar-refractivity contribution >= 4 is 5.97 Å². The fourth-order valence-electron chi connectivity index (χ4n) is 0.885. The lowest BCUT2D eigenvalue weighted by Crippen LogP contribution is -2.08. The zero-order valence-corrected chi connectivity index (χ0v) is 8.38. The van der Waals surface area contributed by atoms with Gasteiger partial charge < -0.3 is 9.84 Å². The first-order valence-corrected chi connectivity index (χ1v) is 4.74. The van der Waals surface area contributed by atoms with E-state index in [1.54, 1.807) is 6.92 Å².